The van der Waals surface area contributed by atoms with Crippen LogP contribution in [0.5, 0.6) is 17.2 Å². The molecule has 1 heterocycles. The number of hydrogen-bond acceptors (Lipinski definition) is 4. The Morgan fingerprint density at radius 1 is 1.11 bits per heavy atom. The Labute approximate surface area is 167 Å². The van der Waals surface area contributed by atoms with E-state index < -0.39 is 0 Å². The maximum atomic E-state index is 12.2. The first-order chi connectivity index (χ1) is 13.4. The second kappa shape index (κ2) is 8.55. The molecular formula is C23H29NO4. The fourth-order valence-corrected chi connectivity index (χ4v) is 3.71. The second-order valence-corrected chi connectivity index (χ2v) is 7.42. The first kappa shape index (κ1) is 20.1. The van der Waals surface area contributed by atoms with Crippen LogP contribution in [0.2, 0.25) is 0 Å². The van der Waals surface area contributed by atoms with E-state index >= 15 is 0 Å². The van der Waals surface area contributed by atoms with Crippen molar-refractivity contribution in [1.29, 1.82) is 0 Å². The monoisotopic (exact) mass is 383 g/mol. The van der Waals surface area contributed by atoms with Crippen molar-refractivity contribution in [3.05, 3.63) is 53.1 Å². The summed E-state index contributed by atoms with van der Waals surface area (Å²) in [5.41, 5.74) is 3.49. The normalized spacial score (nSPS) is 15.9. The van der Waals surface area contributed by atoms with Crippen LogP contribution >= 0.6 is 0 Å². The molecule has 0 saturated heterocycles. The second-order valence-electron chi connectivity index (χ2n) is 7.42. The van der Waals surface area contributed by atoms with Gasteiger partial charge in [-0.15, -0.1) is 0 Å². The van der Waals surface area contributed by atoms with E-state index in [1.54, 1.807) is 21.1 Å². The third-order valence-electron chi connectivity index (χ3n) is 5.36. The Kier molecular flexibility index (Phi) is 6.12. The highest BCUT2D eigenvalue weighted by atomic mass is 16.5. The van der Waals surface area contributed by atoms with Gasteiger partial charge in [-0.2, -0.15) is 0 Å². The first-order valence-corrected chi connectivity index (χ1v) is 9.69. The molecule has 0 radical (unpaired) electrons. The fourth-order valence-electron chi connectivity index (χ4n) is 3.71. The predicted octanol–water partition coefficient (Wildman–Crippen LogP) is 4.35. The van der Waals surface area contributed by atoms with Gasteiger partial charge in [0.15, 0.2) is 11.5 Å². The van der Waals surface area contributed by atoms with E-state index in [1.165, 1.54) is 11.1 Å². The summed E-state index contributed by atoms with van der Waals surface area (Å²) in [5.74, 6) is 2.71. The van der Waals surface area contributed by atoms with Crippen molar-refractivity contribution >= 4 is 5.91 Å². The molecule has 1 aliphatic heterocycles. The number of fused-ring (bicyclic) bond motifs is 1. The van der Waals surface area contributed by atoms with E-state index in [-0.39, 0.29) is 11.9 Å². The lowest BCUT2D eigenvalue weighted by atomic mass is 9.92. The van der Waals surface area contributed by atoms with Gasteiger partial charge in [-0.25, -0.2) is 0 Å². The molecular weight excluding hydrogens is 354 g/mol. The maximum absolute atomic E-state index is 12.2. The number of methoxy groups -OCH3 is 2. The largest absolute Gasteiger partial charge is 0.493 e. The number of benzene rings is 2. The zero-order chi connectivity index (χ0) is 20.3. The van der Waals surface area contributed by atoms with Gasteiger partial charge >= 0.3 is 0 Å². The summed E-state index contributed by atoms with van der Waals surface area (Å²) in [7, 11) is 3.26. The molecule has 0 unspecified atom stereocenters. The number of carbonyl (C=O) groups excluding carboxylic acids is 1. The topological polar surface area (TPSA) is 48.0 Å². The molecule has 1 aliphatic rings. The van der Waals surface area contributed by atoms with Crippen LogP contribution in [0.25, 0.3) is 0 Å². The Bertz CT molecular complexity index is 829. The molecule has 5 nitrogen and oxygen atoms in total. The third kappa shape index (κ3) is 4.08. The number of amides is 1. The summed E-state index contributed by atoms with van der Waals surface area (Å²) < 4.78 is 17.0. The molecule has 150 valence electrons. The molecule has 0 aromatic heterocycles. The smallest absolute Gasteiger partial charge is 0.220 e. The number of ether oxygens (including phenoxy) is 3. The van der Waals surface area contributed by atoms with Crippen molar-refractivity contribution in [2.24, 2.45) is 0 Å². The molecule has 0 aliphatic carbocycles. The summed E-state index contributed by atoms with van der Waals surface area (Å²) >= 11 is 0. The first-order valence-electron chi connectivity index (χ1n) is 9.69. The molecule has 0 N–H and O–H groups in total. The highest BCUT2D eigenvalue weighted by molar-refractivity contribution is 5.74. The number of rotatable bonds is 6. The Morgan fingerprint density at radius 3 is 2.32 bits per heavy atom. The van der Waals surface area contributed by atoms with E-state index in [0.29, 0.717) is 30.6 Å². The van der Waals surface area contributed by atoms with Gasteiger partial charge in [-0.05, 0) is 53.3 Å². The summed E-state index contributed by atoms with van der Waals surface area (Å²) in [6.07, 6.45) is 0.787. The average Bonchev–Trinajstić information content (AvgIpc) is 2.70. The van der Waals surface area contributed by atoms with Crippen LogP contribution in [0.15, 0.2) is 36.4 Å². The van der Waals surface area contributed by atoms with Crippen molar-refractivity contribution in [1.82, 2.24) is 4.90 Å². The lowest BCUT2D eigenvalue weighted by Gasteiger charge is -2.37. The van der Waals surface area contributed by atoms with Crippen LogP contribution in [0.1, 0.15) is 49.4 Å². The molecule has 3 rings (SSSR count). The SMILES string of the molecule is COc1cc2c(cc1OC)[C@H](COc1ccc(C(C)C)cc1)N(C(C)=O)CC2. The minimum atomic E-state index is -0.161. The number of carbonyl (C=O) groups is 1. The minimum absolute atomic E-state index is 0.0455. The molecule has 0 saturated carbocycles. The van der Waals surface area contributed by atoms with Gasteiger partial charge in [0.25, 0.3) is 0 Å². The van der Waals surface area contributed by atoms with Gasteiger partial charge in [0.05, 0.1) is 20.3 Å². The van der Waals surface area contributed by atoms with Crippen molar-refractivity contribution in [3.8, 4) is 17.2 Å². The number of nitrogens with zero attached hydrogens (tertiary/aromatic N) is 1. The van der Waals surface area contributed by atoms with Crippen LogP contribution in [0.4, 0.5) is 0 Å². The van der Waals surface area contributed by atoms with Gasteiger partial charge in [-0.3, -0.25) is 4.79 Å². The lowest BCUT2D eigenvalue weighted by Crippen LogP contribution is -2.41. The number of hydrogen-bond donors (Lipinski definition) is 0. The Hall–Kier alpha value is -2.69. The molecule has 1 amide bonds. The summed E-state index contributed by atoms with van der Waals surface area (Å²) in [6.45, 7) is 7.00. The predicted molar refractivity (Wildman–Crippen MR) is 109 cm³/mol. The quantitative estimate of drug-likeness (QED) is 0.744. The molecule has 1 atom stereocenters. The molecule has 5 heteroatoms. The molecule has 2 aromatic rings. The minimum Gasteiger partial charge on any atom is -0.493 e. The molecule has 0 bridgehead atoms. The van der Waals surface area contributed by atoms with Crippen LogP contribution in [-0.2, 0) is 11.2 Å². The summed E-state index contributed by atoms with van der Waals surface area (Å²) in [6, 6.07) is 12.0. The van der Waals surface area contributed by atoms with Crippen LogP contribution in [0, 0.1) is 0 Å². The van der Waals surface area contributed by atoms with Crippen molar-refractivity contribution in [2.45, 2.75) is 39.2 Å². The lowest BCUT2D eigenvalue weighted by molar-refractivity contribution is -0.132. The zero-order valence-corrected chi connectivity index (χ0v) is 17.3. The van der Waals surface area contributed by atoms with Crippen molar-refractivity contribution in [2.75, 3.05) is 27.4 Å². The van der Waals surface area contributed by atoms with Crippen molar-refractivity contribution in [3.63, 3.8) is 0 Å². The van der Waals surface area contributed by atoms with E-state index in [9.17, 15) is 4.79 Å². The standard InChI is InChI=1S/C23H29NO4/c1-15(2)17-6-8-19(9-7-17)28-14-21-20-13-23(27-5)22(26-4)12-18(20)10-11-24(21)16(3)25/h6-9,12-13,15,21H,10-11,14H2,1-5H3/t21-/m0/s1. The van der Waals surface area contributed by atoms with E-state index in [4.69, 9.17) is 14.2 Å². The highest BCUT2D eigenvalue weighted by Gasteiger charge is 2.31. The maximum Gasteiger partial charge on any atom is 0.220 e. The van der Waals surface area contributed by atoms with E-state index in [0.717, 1.165) is 17.7 Å². The fraction of sp³-hybridized carbons (Fsp3) is 0.435. The Morgan fingerprint density at radius 2 is 1.75 bits per heavy atom. The van der Waals surface area contributed by atoms with Gasteiger partial charge in [0.1, 0.15) is 12.4 Å². The third-order valence-corrected chi connectivity index (χ3v) is 5.36. The zero-order valence-electron chi connectivity index (χ0n) is 17.3. The van der Waals surface area contributed by atoms with Gasteiger partial charge in [0, 0.05) is 13.5 Å². The van der Waals surface area contributed by atoms with Crippen LogP contribution in [0.3, 0.4) is 0 Å². The molecule has 2 aromatic carbocycles. The summed E-state index contributed by atoms with van der Waals surface area (Å²) in [5, 5.41) is 0. The van der Waals surface area contributed by atoms with E-state index in [1.807, 2.05) is 29.2 Å². The molecule has 28 heavy (non-hydrogen) atoms. The summed E-state index contributed by atoms with van der Waals surface area (Å²) in [4.78, 5) is 14.1. The highest BCUT2D eigenvalue weighted by Crippen LogP contribution is 2.38. The van der Waals surface area contributed by atoms with Gasteiger partial charge in [-0.1, -0.05) is 26.0 Å². The van der Waals surface area contributed by atoms with E-state index in [2.05, 4.69) is 26.0 Å². The van der Waals surface area contributed by atoms with Gasteiger partial charge in [0.2, 0.25) is 5.91 Å². The molecule has 0 fully saturated rings. The van der Waals surface area contributed by atoms with Crippen LogP contribution < -0.4 is 14.2 Å². The van der Waals surface area contributed by atoms with Crippen LogP contribution in [-0.4, -0.2) is 38.2 Å². The Balaban J connectivity index is 1.87. The average molecular weight is 383 g/mol. The van der Waals surface area contributed by atoms with Crippen molar-refractivity contribution < 1.29 is 19.0 Å². The molecule has 0 spiro atoms. The van der Waals surface area contributed by atoms with Gasteiger partial charge < -0.3 is 19.1 Å².